The smallest absolute Gasteiger partial charge is 0.0307 e. The van der Waals surface area contributed by atoms with Gasteiger partial charge in [-0.1, -0.05) is 42.7 Å². The second-order valence-corrected chi connectivity index (χ2v) is 6.41. The molecular weight excluding hydrogens is 244 g/mol. The van der Waals surface area contributed by atoms with E-state index in [2.05, 4.69) is 43.9 Å². The summed E-state index contributed by atoms with van der Waals surface area (Å²) in [5.74, 6) is 0. The van der Waals surface area contributed by atoms with Crippen molar-refractivity contribution in [3.63, 3.8) is 0 Å². The second-order valence-electron chi connectivity index (χ2n) is 6.41. The minimum Gasteiger partial charge on any atom is -0.324 e. The van der Waals surface area contributed by atoms with Crippen LogP contribution < -0.4 is 5.73 Å². The first kappa shape index (κ1) is 15.5. The molecule has 0 radical (unpaired) electrons. The third-order valence-electron chi connectivity index (χ3n) is 4.62. The van der Waals surface area contributed by atoms with Gasteiger partial charge in [-0.25, -0.2) is 0 Å². The Balaban J connectivity index is 1.92. The molecule has 0 amide bonds. The van der Waals surface area contributed by atoms with Gasteiger partial charge in [-0.15, -0.1) is 0 Å². The van der Waals surface area contributed by atoms with Crippen LogP contribution in [-0.2, 0) is 0 Å². The molecule has 0 aromatic heterocycles. The summed E-state index contributed by atoms with van der Waals surface area (Å²) in [4.78, 5) is 2.66. The molecule has 1 aliphatic rings. The summed E-state index contributed by atoms with van der Waals surface area (Å²) in [7, 11) is 0. The highest BCUT2D eigenvalue weighted by Gasteiger charge is 2.21. The Morgan fingerprint density at radius 3 is 2.55 bits per heavy atom. The molecule has 2 unspecified atom stereocenters. The van der Waals surface area contributed by atoms with Gasteiger partial charge in [-0.3, -0.25) is 0 Å². The molecular formula is C18H30N2. The van der Waals surface area contributed by atoms with E-state index in [4.69, 9.17) is 5.73 Å². The van der Waals surface area contributed by atoms with Crippen LogP contribution in [0.25, 0.3) is 0 Å². The van der Waals surface area contributed by atoms with Gasteiger partial charge in [0, 0.05) is 18.6 Å². The Morgan fingerprint density at radius 2 is 1.90 bits per heavy atom. The number of hydrogen-bond acceptors (Lipinski definition) is 2. The van der Waals surface area contributed by atoms with E-state index >= 15 is 0 Å². The van der Waals surface area contributed by atoms with E-state index in [-0.39, 0.29) is 6.04 Å². The fourth-order valence-electron chi connectivity index (χ4n) is 3.51. The fraction of sp³-hybridized carbons (Fsp3) is 0.667. The minimum atomic E-state index is 0.174. The third kappa shape index (κ3) is 4.07. The molecule has 2 nitrogen and oxygen atoms in total. The summed E-state index contributed by atoms with van der Waals surface area (Å²) in [5.41, 5.74) is 10.3. The number of rotatable bonds is 5. The van der Waals surface area contributed by atoms with Crippen molar-refractivity contribution in [2.24, 2.45) is 5.73 Å². The van der Waals surface area contributed by atoms with Gasteiger partial charge in [0.2, 0.25) is 0 Å². The Bertz CT molecular complexity index is 407. The van der Waals surface area contributed by atoms with E-state index < -0.39 is 0 Å². The van der Waals surface area contributed by atoms with Crippen LogP contribution in [0.3, 0.4) is 0 Å². The molecule has 1 fully saturated rings. The van der Waals surface area contributed by atoms with Gasteiger partial charge in [-0.05, 0) is 51.6 Å². The predicted molar refractivity (Wildman–Crippen MR) is 87.0 cm³/mol. The number of aryl methyl sites for hydroxylation is 2. The molecule has 1 heterocycles. The lowest BCUT2D eigenvalue weighted by Crippen LogP contribution is -2.40. The van der Waals surface area contributed by atoms with Crippen molar-refractivity contribution in [2.45, 2.75) is 65.0 Å². The topological polar surface area (TPSA) is 29.3 Å². The van der Waals surface area contributed by atoms with E-state index in [9.17, 15) is 0 Å². The number of likely N-dealkylation sites (tertiary alicyclic amines) is 1. The number of piperidine rings is 1. The zero-order chi connectivity index (χ0) is 14.5. The first-order valence-electron chi connectivity index (χ1n) is 8.18. The normalized spacial score (nSPS) is 21.9. The molecule has 1 aliphatic heterocycles. The summed E-state index contributed by atoms with van der Waals surface area (Å²) in [6.45, 7) is 9.03. The maximum Gasteiger partial charge on any atom is 0.0307 e. The van der Waals surface area contributed by atoms with Crippen molar-refractivity contribution in [3.8, 4) is 0 Å². The van der Waals surface area contributed by atoms with Crippen LogP contribution in [0, 0.1) is 13.8 Å². The standard InChI is InChI=1S/C18H30N2/c1-4-17-7-5-6-9-20(17)10-8-18(19)16-12-14(2)11-15(3)13-16/h11-13,17-18H,4-10,19H2,1-3H3. The van der Waals surface area contributed by atoms with Gasteiger partial charge in [0.15, 0.2) is 0 Å². The first-order valence-corrected chi connectivity index (χ1v) is 8.18. The number of nitrogens with two attached hydrogens (primary N) is 1. The number of benzene rings is 1. The molecule has 2 N–H and O–H groups in total. The van der Waals surface area contributed by atoms with E-state index in [0.717, 1.165) is 19.0 Å². The average molecular weight is 274 g/mol. The van der Waals surface area contributed by atoms with Crippen LogP contribution >= 0.6 is 0 Å². The molecule has 2 heteroatoms. The third-order valence-corrected chi connectivity index (χ3v) is 4.62. The van der Waals surface area contributed by atoms with Gasteiger partial charge in [0.25, 0.3) is 0 Å². The van der Waals surface area contributed by atoms with Gasteiger partial charge >= 0.3 is 0 Å². The molecule has 1 aromatic carbocycles. The lowest BCUT2D eigenvalue weighted by atomic mass is 9.97. The number of nitrogens with zero attached hydrogens (tertiary/aromatic N) is 1. The molecule has 0 aliphatic carbocycles. The molecule has 2 rings (SSSR count). The second kappa shape index (κ2) is 7.24. The van der Waals surface area contributed by atoms with Crippen molar-refractivity contribution in [1.29, 1.82) is 0 Å². The molecule has 0 spiro atoms. The van der Waals surface area contributed by atoms with Crippen molar-refractivity contribution in [3.05, 3.63) is 34.9 Å². The highest BCUT2D eigenvalue weighted by molar-refractivity contribution is 5.30. The fourth-order valence-corrected chi connectivity index (χ4v) is 3.51. The van der Waals surface area contributed by atoms with E-state index in [1.165, 1.54) is 48.9 Å². The SMILES string of the molecule is CCC1CCCCN1CCC(N)c1cc(C)cc(C)c1. The van der Waals surface area contributed by atoms with Gasteiger partial charge < -0.3 is 10.6 Å². The lowest BCUT2D eigenvalue weighted by Gasteiger charge is -2.35. The Kier molecular flexibility index (Phi) is 5.62. The van der Waals surface area contributed by atoms with Gasteiger partial charge in [0.1, 0.15) is 0 Å². The van der Waals surface area contributed by atoms with Crippen molar-refractivity contribution in [2.75, 3.05) is 13.1 Å². The predicted octanol–water partition coefficient (Wildman–Crippen LogP) is 3.96. The maximum atomic E-state index is 6.41. The largest absolute Gasteiger partial charge is 0.324 e. The summed E-state index contributed by atoms with van der Waals surface area (Å²) < 4.78 is 0. The van der Waals surface area contributed by atoms with Crippen LogP contribution in [-0.4, -0.2) is 24.0 Å². The molecule has 20 heavy (non-hydrogen) atoms. The quantitative estimate of drug-likeness (QED) is 0.880. The molecule has 0 saturated carbocycles. The Hall–Kier alpha value is -0.860. The highest BCUT2D eigenvalue weighted by atomic mass is 15.2. The van der Waals surface area contributed by atoms with Crippen LogP contribution in [0.15, 0.2) is 18.2 Å². The molecule has 1 saturated heterocycles. The van der Waals surface area contributed by atoms with Crippen molar-refractivity contribution in [1.82, 2.24) is 4.90 Å². The lowest BCUT2D eigenvalue weighted by molar-refractivity contribution is 0.139. The monoisotopic (exact) mass is 274 g/mol. The van der Waals surface area contributed by atoms with Crippen LogP contribution in [0.5, 0.6) is 0 Å². The summed E-state index contributed by atoms with van der Waals surface area (Å²) >= 11 is 0. The van der Waals surface area contributed by atoms with Crippen LogP contribution in [0.1, 0.15) is 61.8 Å². The van der Waals surface area contributed by atoms with Crippen molar-refractivity contribution < 1.29 is 0 Å². The maximum absolute atomic E-state index is 6.41. The molecule has 1 aromatic rings. The van der Waals surface area contributed by atoms with E-state index in [0.29, 0.717) is 0 Å². The van der Waals surface area contributed by atoms with Crippen molar-refractivity contribution >= 4 is 0 Å². The molecule has 2 atom stereocenters. The van der Waals surface area contributed by atoms with Crippen LogP contribution in [0.2, 0.25) is 0 Å². The van der Waals surface area contributed by atoms with E-state index in [1.54, 1.807) is 0 Å². The van der Waals surface area contributed by atoms with Gasteiger partial charge in [0.05, 0.1) is 0 Å². The molecule has 0 bridgehead atoms. The summed E-state index contributed by atoms with van der Waals surface area (Å²) in [6.07, 6.45) is 6.47. The average Bonchev–Trinajstić information content (AvgIpc) is 2.44. The summed E-state index contributed by atoms with van der Waals surface area (Å²) in [6, 6.07) is 7.66. The zero-order valence-corrected chi connectivity index (χ0v) is 13.4. The van der Waals surface area contributed by atoms with Crippen LogP contribution in [0.4, 0.5) is 0 Å². The first-order chi connectivity index (χ1) is 9.60. The van der Waals surface area contributed by atoms with Gasteiger partial charge in [-0.2, -0.15) is 0 Å². The highest BCUT2D eigenvalue weighted by Crippen LogP contribution is 2.23. The number of hydrogen-bond donors (Lipinski definition) is 1. The zero-order valence-electron chi connectivity index (χ0n) is 13.4. The Labute approximate surface area is 124 Å². The summed E-state index contributed by atoms with van der Waals surface area (Å²) in [5, 5.41) is 0. The minimum absolute atomic E-state index is 0.174. The molecule has 112 valence electrons. The Morgan fingerprint density at radius 1 is 1.20 bits per heavy atom. The van der Waals surface area contributed by atoms with E-state index in [1.807, 2.05) is 0 Å².